The quantitative estimate of drug-likeness (QED) is 0.842. The lowest BCUT2D eigenvalue weighted by Gasteiger charge is -2.37. The zero-order chi connectivity index (χ0) is 14.8. The molecular weight excluding hydrogens is 292 g/mol. The third kappa shape index (κ3) is 2.86. The molecule has 0 aliphatic heterocycles. The predicted octanol–water partition coefficient (Wildman–Crippen LogP) is 3.77. The second-order valence-corrected chi connectivity index (χ2v) is 5.11. The van der Waals surface area contributed by atoms with Crippen LogP contribution in [0.5, 0.6) is 0 Å². The highest BCUT2D eigenvalue weighted by Crippen LogP contribution is 2.36. The standard InChI is InChI=1S/C13H16Cl2FNO2/c1-4-17(5-2)13(3,12(18)19)8-6-11(16)10(15)7-9(8)14/h6-7H,4-5H2,1-3H3,(H,18,19). The fourth-order valence-electron chi connectivity index (χ4n) is 2.17. The van der Waals surface area contributed by atoms with Crippen LogP contribution in [0, 0.1) is 5.82 Å². The van der Waals surface area contributed by atoms with Crippen LogP contribution in [0.2, 0.25) is 10.0 Å². The van der Waals surface area contributed by atoms with Crippen LogP contribution >= 0.6 is 23.2 Å². The van der Waals surface area contributed by atoms with Gasteiger partial charge in [-0.25, -0.2) is 9.18 Å². The molecule has 1 aromatic carbocycles. The molecule has 0 radical (unpaired) electrons. The van der Waals surface area contributed by atoms with Gasteiger partial charge in [0.25, 0.3) is 0 Å². The lowest BCUT2D eigenvalue weighted by atomic mass is 9.89. The number of halogens is 3. The van der Waals surface area contributed by atoms with Gasteiger partial charge in [-0.15, -0.1) is 0 Å². The molecule has 0 spiro atoms. The number of nitrogens with zero attached hydrogens (tertiary/aromatic N) is 1. The Morgan fingerprint density at radius 1 is 1.32 bits per heavy atom. The Balaban J connectivity index is 3.51. The topological polar surface area (TPSA) is 40.5 Å². The van der Waals surface area contributed by atoms with E-state index in [1.54, 1.807) is 4.90 Å². The van der Waals surface area contributed by atoms with Crippen molar-refractivity contribution in [3.63, 3.8) is 0 Å². The third-order valence-corrected chi connectivity index (χ3v) is 3.95. The van der Waals surface area contributed by atoms with Crippen LogP contribution < -0.4 is 0 Å². The molecule has 0 fully saturated rings. The van der Waals surface area contributed by atoms with Gasteiger partial charge < -0.3 is 5.11 Å². The Bertz CT molecular complexity index is 492. The van der Waals surface area contributed by atoms with Gasteiger partial charge in [0, 0.05) is 10.6 Å². The first-order chi connectivity index (χ1) is 8.78. The molecule has 0 aliphatic rings. The predicted molar refractivity (Wildman–Crippen MR) is 74.3 cm³/mol. The Morgan fingerprint density at radius 3 is 2.26 bits per heavy atom. The third-order valence-electron chi connectivity index (χ3n) is 3.35. The monoisotopic (exact) mass is 307 g/mol. The van der Waals surface area contributed by atoms with E-state index < -0.39 is 17.3 Å². The van der Waals surface area contributed by atoms with Gasteiger partial charge in [0.1, 0.15) is 11.4 Å². The maximum absolute atomic E-state index is 13.6. The summed E-state index contributed by atoms with van der Waals surface area (Å²) in [7, 11) is 0. The summed E-state index contributed by atoms with van der Waals surface area (Å²) in [6.07, 6.45) is 0. The Hall–Kier alpha value is -0.840. The van der Waals surface area contributed by atoms with Gasteiger partial charge in [-0.05, 0) is 32.1 Å². The number of likely N-dealkylation sites (N-methyl/N-ethyl adjacent to an activating group) is 1. The van der Waals surface area contributed by atoms with Crippen LogP contribution in [0.15, 0.2) is 12.1 Å². The summed E-state index contributed by atoms with van der Waals surface area (Å²) in [5.74, 6) is -1.76. The number of aliphatic carboxylic acids is 1. The van der Waals surface area contributed by atoms with Crippen molar-refractivity contribution < 1.29 is 14.3 Å². The Morgan fingerprint density at radius 2 is 1.84 bits per heavy atom. The largest absolute Gasteiger partial charge is 0.480 e. The second-order valence-electron chi connectivity index (χ2n) is 4.30. The molecule has 0 aromatic heterocycles. The molecule has 1 N–H and O–H groups in total. The van der Waals surface area contributed by atoms with E-state index in [4.69, 9.17) is 23.2 Å². The van der Waals surface area contributed by atoms with Crippen molar-refractivity contribution in [3.8, 4) is 0 Å². The first-order valence-corrected chi connectivity index (χ1v) is 6.68. The number of hydrogen-bond donors (Lipinski definition) is 1. The number of rotatable bonds is 5. The van der Waals surface area contributed by atoms with Crippen molar-refractivity contribution in [1.82, 2.24) is 4.90 Å². The summed E-state index contributed by atoms with van der Waals surface area (Å²) in [6, 6.07) is 2.33. The van der Waals surface area contributed by atoms with E-state index in [1.807, 2.05) is 13.8 Å². The number of hydrogen-bond acceptors (Lipinski definition) is 2. The minimum absolute atomic E-state index is 0.124. The van der Waals surface area contributed by atoms with Crippen LogP contribution in [0.3, 0.4) is 0 Å². The minimum atomic E-state index is -1.40. The SMILES string of the molecule is CCN(CC)C(C)(C(=O)O)c1cc(F)c(Cl)cc1Cl. The molecule has 0 heterocycles. The summed E-state index contributed by atoms with van der Waals surface area (Å²) in [4.78, 5) is 13.4. The molecule has 0 saturated heterocycles. The van der Waals surface area contributed by atoms with Crippen LogP contribution in [0.25, 0.3) is 0 Å². The molecule has 0 aliphatic carbocycles. The molecule has 1 aromatic rings. The lowest BCUT2D eigenvalue weighted by Crippen LogP contribution is -2.50. The molecule has 3 nitrogen and oxygen atoms in total. The van der Waals surface area contributed by atoms with Crippen molar-refractivity contribution in [2.75, 3.05) is 13.1 Å². The molecule has 1 unspecified atom stereocenters. The van der Waals surface area contributed by atoms with Gasteiger partial charge in [-0.2, -0.15) is 0 Å². The van der Waals surface area contributed by atoms with E-state index in [-0.39, 0.29) is 15.6 Å². The Labute approximate surface area is 121 Å². The van der Waals surface area contributed by atoms with Crippen molar-refractivity contribution >= 4 is 29.2 Å². The first-order valence-electron chi connectivity index (χ1n) is 5.92. The highest BCUT2D eigenvalue weighted by atomic mass is 35.5. The van der Waals surface area contributed by atoms with Gasteiger partial charge in [0.2, 0.25) is 0 Å². The van der Waals surface area contributed by atoms with Crippen LogP contribution in [0.4, 0.5) is 4.39 Å². The fraction of sp³-hybridized carbons (Fsp3) is 0.462. The first kappa shape index (κ1) is 16.2. The molecule has 0 amide bonds. The average molecular weight is 308 g/mol. The van der Waals surface area contributed by atoms with Crippen molar-refractivity contribution in [1.29, 1.82) is 0 Å². The summed E-state index contributed by atoms with van der Waals surface area (Å²) < 4.78 is 13.6. The van der Waals surface area contributed by atoms with Gasteiger partial charge in [-0.1, -0.05) is 37.0 Å². The van der Waals surface area contributed by atoms with Gasteiger partial charge in [-0.3, -0.25) is 4.90 Å². The molecule has 6 heteroatoms. The smallest absolute Gasteiger partial charge is 0.328 e. The normalized spacial score (nSPS) is 14.5. The highest BCUT2D eigenvalue weighted by Gasteiger charge is 2.42. The lowest BCUT2D eigenvalue weighted by molar-refractivity contribution is -0.151. The second kappa shape index (κ2) is 6.07. The van der Waals surface area contributed by atoms with E-state index >= 15 is 0 Å². The number of carboxylic acids is 1. The molecule has 1 rings (SSSR count). The number of carboxylic acid groups (broad SMARTS) is 1. The summed E-state index contributed by atoms with van der Waals surface area (Å²) in [5.41, 5.74) is -1.20. The molecule has 1 atom stereocenters. The summed E-state index contributed by atoms with van der Waals surface area (Å²) in [5, 5.41) is 9.57. The molecule has 106 valence electrons. The maximum atomic E-state index is 13.6. The van der Waals surface area contributed by atoms with Crippen molar-refractivity contribution in [2.45, 2.75) is 26.3 Å². The summed E-state index contributed by atoms with van der Waals surface area (Å²) in [6.45, 7) is 6.19. The van der Waals surface area contributed by atoms with Gasteiger partial charge in [0.05, 0.1) is 5.02 Å². The van der Waals surface area contributed by atoms with E-state index in [1.165, 1.54) is 13.0 Å². The van der Waals surface area contributed by atoms with Gasteiger partial charge in [0.15, 0.2) is 0 Å². The number of carbonyl (C=O) groups is 1. The van der Waals surface area contributed by atoms with Crippen LogP contribution in [0.1, 0.15) is 26.3 Å². The van der Waals surface area contributed by atoms with E-state index in [0.29, 0.717) is 13.1 Å². The molecular formula is C13H16Cl2FNO2. The fourth-order valence-corrected chi connectivity index (χ4v) is 2.74. The summed E-state index contributed by atoms with van der Waals surface area (Å²) >= 11 is 11.7. The van der Waals surface area contributed by atoms with Crippen LogP contribution in [-0.2, 0) is 10.3 Å². The van der Waals surface area contributed by atoms with E-state index in [2.05, 4.69) is 0 Å². The van der Waals surface area contributed by atoms with Crippen LogP contribution in [-0.4, -0.2) is 29.1 Å². The number of benzene rings is 1. The Kier molecular flexibility index (Phi) is 5.18. The highest BCUT2D eigenvalue weighted by molar-refractivity contribution is 6.35. The minimum Gasteiger partial charge on any atom is -0.480 e. The van der Waals surface area contributed by atoms with E-state index in [0.717, 1.165) is 6.07 Å². The molecule has 0 bridgehead atoms. The molecule has 0 saturated carbocycles. The molecule has 19 heavy (non-hydrogen) atoms. The van der Waals surface area contributed by atoms with E-state index in [9.17, 15) is 14.3 Å². The van der Waals surface area contributed by atoms with Crippen molar-refractivity contribution in [3.05, 3.63) is 33.6 Å². The van der Waals surface area contributed by atoms with Crippen molar-refractivity contribution in [2.24, 2.45) is 0 Å². The zero-order valence-corrected chi connectivity index (χ0v) is 12.5. The average Bonchev–Trinajstić information content (AvgIpc) is 2.34. The maximum Gasteiger partial charge on any atom is 0.328 e. The zero-order valence-electron chi connectivity index (χ0n) is 11.0. The van der Waals surface area contributed by atoms with Gasteiger partial charge >= 0.3 is 5.97 Å².